The second-order valence-electron chi connectivity index (χ2n) is 6.40. The van der Waals surface area contributed by atoms with Crippen LogP contribution in [0.25, 0.3) is 10.9 Å². The molecule has 2 aromatic heterocycles. The number of nitrogens with zero attached hydrogens (tertiary/aromatic N) is 3. The second-order valence-corrected chi connectivity index (χ2v) is 6.40. The van der Waals surface area contributed by atoms with Crippen LogP contribution in [0, 0.1) is 5.92 Å². The number of hydrogen-bond acceptors (Lipinski definition) is 5. The monoisotopic (exact) mass is 346 g/mol. The first-order valence-electron chi connectivity index (χ1n) is 8.58. The van der Waals surface area contributed by atoms with Gasteiger partial charge >= 0.3 is 11.8 Å². The fourth-order valence-corrected chi connectivity index (χ4v) is 2.50. The normalized spacial score (nSPS) is 13.4. The first kappa shape index (κ1) is 18.7. The molecular formula is C17H26N6O2. The molecule has 0 fully saturated rings. The molecule has 25 heavy (non-hydrogen) atoms. The molecule has 2 atom stereocenters. The van der Waals surface area contributed by atoms with Crippen LogP contribution in [-0.2, 0) is 9.59 Å². The molecule has 0 saturated heterocycles. The number of nitrogens with two attached hydrogens (primary N) is 1. The summed E-state index contributed by atoms with van der Waals surface area (Å²) in [6.45, 7) is 8.64. The molecule has 2 aromatic rings. The van der Waals surface area contributed by atoms with Crippen LogP contribution in [0.5, 0.6) is 0 Å². The van der Waals surface area contributed by atoms with E-state index in [1.807, 2.05) is 13.8 Å². The first-order valence-corrected chi connectivity index (χ1v) is 8.58. The third-order valence-corrected chi connectivity index (χ3v) is 4.55. The Morgan fingerprint density at radius 1 is 1.28 bits per heavy atom. The zero-order valence-electron chi connectivity index (χ0n) is 15.2. The molecule has 2 rings (SSSR count). The van der Waals surface area contributed by atoms with E-state index >= 15 is 0 Å². The maximum atomic E-state index is 12.7. The molecule has 2 amide bonds. The number of pyridine rings is 1. The molecule has 0 unspecified atom stereocenters. The lowest BCUT2D eigenvalue weighted by Crippen LogP contribution is -2.46. The van der Waals surface area contributed by atoms with E-state index in [0.717, 1.165) is 12.8 Å². The number of hydrogen-bond donors (Lipinski definition) is 3. The van der Waals surface area contributed by atoms with Crippen LogP contribution in [0.15, 0.2) is 12.4 Å². The van der Waals surface area contributed by atoms with Crippen molar-refractivity contribution in [3.63, 3.8) is 0 Å². The van der Waals surface area contributed by atoms with Crippen LogP contribution in [0.3, 0.4) is 0 Å². The SMILES string of the molecule is CC[C@H](C)CN(C(=O)C(=O)Nc1cnc(N)c2cn[nH]c12)[C@H](C)CC. The number of anilines is 2. The van der Waals surface area contributed by atoms with Gasteiger partial charge in [-0.2, -0.15) is 5.10 Å². The van der Waals surface area contributed by atoms with Crippen molar-refractivity contribution in [2.24, 2.45) is 5.92 Å². The molecule has 2 heterocycles. The minimum Gasteiger partial charge on any atom is -0.383 e. The zero-order chi connectivity index (χ0) is 18.6. The summed E-state index contributed by atoms with van der Waals surface area (Å²) in [7, 11) is 0. The lowest BCUT2D eigenvalue weighted by atomic mass is 10.1. The average molecular weight is 346 g/mol. The van der Waals surface area contributed by atoms with Crippen molar-refractivity contribution in [1.29, 1.82) is 0 Å². The largest absolute Gasteiger partial charge is 0.383 e. The molecule has 8 nitrogen and oxygen atoms in total. The van der Waals surface area contributed by atoms with Crippen LogP contribution in [0.2, 0.25) is 0 Å². The minimum absolute atomic E-state index is 0.0102. The van der Waals surface area contributed by atoms with Crippen LogP contribution >= 0.6 is 0 Å². The van der Waals surface area contributed by atoms with Gasteiger partial charge in [0.1, 0.15) is 5.82 Å². The molecule has 0 bridgehead atoms. The molecule has 0 radical (unpaired) electrons. The van der Waals surface area contributed by atoms with E-state index in [1.165, 1.54) is 12.4 Å². The third kappa shape index (κ3) is 4.07. The number of amides is 2. The quantitative estimate of drug-likeness (QED) is 0.693. The molecule has 136 valence electrons. The summed E-state index contributed by atoms with van der Waals surface area (Å²) in [5.74, 6) is -0.598. The van der Waals surface area contributed by atoms with E-state index in [4.69, 9.17) is 5.73 Å². The summed E-state index contributed by atoms with van der Waals surface area (Å²) in [4.78, 5) is 30.8. The van der Waals surface area contributed by atoms with Gasteiger partial charge in [-0.25, -0.2) is 4.98 Å². The number of nitrogen functional groups attached to an aromatic ring is 1. The van der Waals surface area contributed by atoms with Gasteiger partial charge in [0.15, 0.2) is 0 Å². The Bertz CT molecular complexity index is 757. The zero-order valence-corrected chi connectivity index (χ0v) is 15.2. The number of aromatic nitrogens is 3. The standard InChI is InChI=1S/C17H26N6O2/c1-5-10(3)9-23(11(4)6-2)17(25)16(24)21-13-8-19-15(18)12-7-20-22-14(12)13/h7-8,10-11H,5-6,9H2,1-4H3,(H2,18,19)(H,20,22)(H,21,24)/t10-,11+/m0/s1. The Labute approximate surface area is 147 Å². The Kier molecular flexibility index (Phi) is 5.95. The fraction of sp³-hybridized carbons (Fsp3) is 0.529. The fourth-order valence-electron chi connectivity index (χ4n) is 2.50. The predicted octanol–water partition coefficient (Wildman–Crippen LogP) is 2.15. The number of fused-ring (bicyclic) bond motifs is 1. The lowest BCUT2D eigenvalue weighted by molar-refractivity contribution is -0.145. The molecule has 0 aromatic carbocycles. The van der Waals surface area contributed by atoms with Crippen molar-refractivity contribution in [3.8, 4) is 0 Å². The molecule has 0 aliphatic rings. The highest BCUT2D eigenvalue weighted by atomic mass is 16.2. The highest BCUT2D eigenvalue weighted by molar-refractivity contribution is 6.40. The van der Waals surface area contributed by atoms with Crippen molar-refractivity contribution in [3.05, 3.63) is 12.4 Å². The van der Waals surface area contributed by atoms with E-state index in [-0.39, 0.29) is 6.04 Å². The number of nitrogens with one attached hydrogen (secondary N) is 2. The van der Waals surface area contributed by atoms with Gasteiger partial charge in [0.25, 0.3) is 0 Å². The molecule has 0 aliphatic carbocycles. The van der Waals surface area contributed by atoms with Crippen molar-refractivity contribution in [2.75, 3.05) is 17.6 Å². The van der Waals surface area contributed by atoms with Crippen molar-refractivity contribution in [2.45, 2.75) is 46.6 Å². The number of aromatic amines is 1. The van der Waals surface area contributed by atoms with E-state index in [0.29, 0.717) is 34.9 Å². The van der Waals surface area contributed by atoms with Crippen molar-refractivity contribution in [1.82, 2.24) is 20.1 Å². The highest BCUT2D eigenvalue weighted by Gasteiger charge is 2.27. The van der Waals surface area contributed by atoms with Crippen molar-refractivity contribution < 1.29 is 9.59 Å². The molecule has 0 saturated carbocycles. The van der Waals surface area contributed by atoms with Gasteiger partial charge in [-0.3, -0.25) is 14.7 Å². The topological polar surface area (TPSA) is 117 Å². The van der Waals surface area contributed by atoms with Gasteiger partial charge in [0, 0.05) is 12.6 Å². The summed E-state index contributed by atoms with van der Waals surface area (Å²) in [6.07, 6.45) is 4.68. The summed E-state index contributed by atoms with van der Waals surface area (Å²) < 4.78 is 0. The molecule has 0 spiro atoms. The number of H-pyrrole nitrogens is 1. The Morgan fingerprint density at radius 2 is 2.00 bits per heavy atom. The Balaban J connectivity index is 2.20. The highest BCUT2D eigenvalue weighted by Crippen LogP contribution is 2.24. The third-order valence-electron chi connectivity index (χ3n) is 4.55. The van der Waals surface area contributed by atoms with Gasteiger partial charge in [0.2, 0.25) is 0 Å². The Morgan fingerprint density at radius 3 is 2.64 bits per heavy atom. The number of carbonyl (C=O) groups is 2. The van der Waals surface area contributed by atoms with E-state index < -0.39 is 11.8 Å². The lowest BCUT2D eigenvalue weighted by Gasteiger charge is -2.30. The van der Waals surface area contributed by atoms with E-state index in [9.17, 15) is 9.59 Å². The molecule has 8 heteroatoms. The van der Waals surface area contributed by atoms with Crippen LogP contribution in [0.4, 0.5) is 11.5 Å². The maximum absolute atomic E-state index is 12.7. The smallest absolute Gasteiger partial charge is 0.314 e. The summed E-state index contributed by atoms with van der Waals surface area (Å²) >= 11 is 0. The van der Waals surface area contributed by atoms with Crippen molar-refractivity contribution >= 4 is 34.2 Å². The summed E-state index contributed by atoms with van der Waals surface area (Å²) in [6, 6.07) is -0.0102. The number of carbonyl (C=O) groups excluding carboxylic acids is 2. The molecular weight excluding hydrogens is 320 g/mol. The predicted molar refractivity (Wildman–Crippen MR) is 97.9 cm³/mol. The summed E-state index contributed by atoms with van der Waals surface area (Å²) in [5.41, 5.74) is 6.71. The van der Waals surface area contributed by atoms with Gasteiger partial charge in [-0.1, -0.05) is 27.2 Å². The van der Waals surface area contributed by atoms with E-state index in [2.05, 4.69) is 34.3 Å². The molecule has 4 N–H and O–H groups in total. The average Bonchev–Trinajstić information content (AvgIpc) is 3.11. The van der Waals surface area contributed by atoms with Crippen LogP contribution in [0.1, 0.15) is 40.5 Å². The van der Waals surface area contributed by atoms with Crippen LogP contribution in [-0.4, -0.2) is 44.5 Å². The van der Waals surface area contributed by atoms with Gasteiger partial charge in [-0.05, 0) is 19.3 Å². The van der Waals surface area contributed by atoms with Gasteiger partial charge in [-0.15, -0.1) is 0 Å². The van der Waals surface area contributed by atoms with Gasteiger partial charge < -0.3 is 16.0 Å². The van der Waals surface area contributed by atoms with E-state index in [1.54, 1.807) is 4.90 Å². The minimum atomic E-state index is -0.689. The summed E-state index contributed by atoms with van der Waals surface area (Å²) in [5, 5.41) is 9.91. The number of rotatable bonds is 6. The second kappa shape index (κ2) is 7.96. The van der Waals surface area contributed by atoms with Crippen LogP contribution < -0.4 is 11.1 Å². The maximum Gasteiger partial charge on any atom is 0.314 e. The first-order chi connectivity index (χ1) is 11.9. The molecule has 0 aliphatic heterocycles. The Hall–Kier alpha value is -2.64. The van der Waals surface area contributed by atoms with Gasteiger partial charge in [0.05, 0.1) is 29.0 Å².